The molecule has 0 saturated carbocycles. The number of hydrogen-bond donors (Lipinski definition) is 0. The number of amides is 3. The largest absolute Gasteiger partial charge is 0.328 e. The van der Waals surface area contributed by atoms with Crippen molar-refractivity contribution in [2.45, 2.75) is 57.7 Å². The van der Waals surface area contributed by atoms with Crippen molar-refractivity contribution in [3.63, 3.8) is 0 Å². The highest BCUT2D eigenvalue weighted by molar-refractivity contribution is 6.07. The van der Waals surface area contributed by atoms with E-state index >= 15 is 0 Å². The van der Waals surface area contributed by atoms with E-state index in [0.29, 0.717) is 25.4 Å². The van der Waals surface area contributed by atoms with E-state index in [9.17, 15) is 9.59 Å². The Bertz CT molecular complexity index is 894. The summed E-state index contributed by atoms with van der Waals surface area (Å²) in [5.41, 5.74) is 1.18. The molecule has 1 aromatic heterocycles. The van der Waals surface area contributed by atoms with Crippen LogP contribution in [0, 0.1) is 0 Å². The van der Waals surface area contributed by atoms with Crippen LogP contribution in [0.5, 0.6) is 0 Å². The average molecular weight is 421 g/mol. The molecule has 0 unspecified atom stereocenters. The Morgan fingerprint density at radius 2 is 1.74 bits per heavy atom. The zero-order chi connectivity index (χ0) is 21.8. The molecule has 0 bridgehead atoms. The third-order valence-electron chi connectivity index (χ3n) is 6.97. The van der Waals surface area contributed by atoms with Gasteiger partial charge in [-0.05, 0) is 50.3 Å². The maximum Gasteiger partial charge on any atom is 0.328 e. The van der Waals surface area contributed by atoms with E-state index in [2.05, 4.69) is 35.9 Å². The van der Waals surface area contributed by atoms with Crippen molar-refractivity contribution in [3.8, 4) is 0 Å². The van der Waals surface area contributed by atoms with Crippen LogP contribution in [-0.2, 0) is 17.8 Å². The molecule has 2 fully saturated rings. The fourth-order valence-corrected chi connectivity index (χ4v) is 4.85. The number of carbonyl (C=O) groups excluding carboxylic acids is 2. The van der Waals surface area contributed by atoms with Gasteiger partial charge in [0.2, 0.25) is 0 Å². The zero-order valence-electron chi connectivity index (χ0n) is 18.5. The van der Waals surface area contributed by atoms with Crippen molar-refractivity contribution < 1.29 is 9.59 Å². The summed E-state index contributed by atoms with van der Waals surface area (Å²) in [6.45, 7) is 6.90. The molecule has 3 heterocycles. The lowest BCUT2D eigenvalue weighted by molar-refractivity contribution is -0.136. The van der Waals surface area contributed by atoms with Gasteiger partial charge < -0.3 is 9.80 Å². The molecular weight excluding hydrogens is 388 g/mol. The van der Waals surface area contributed by atoms with Gasteiger partial charge in [-0.2, -0.15) is 0 Å². The molecule has 164 valence electrons. The summed E-state index contributed by atoms with van der Waals surface area (Å²) in [7, 11) is 0. The molecule has 0 radical (unpaired) electrons. The summed E-state index contributed by atoms with van der Waals surface area (Å²) in [5, 5.41) is 0. The molecule has 6 nitrogen and oxygen atoms in total. The van der Waals surface area contributed by atoms with Gasteiger partial charge in [0.1, 0.15) is 5.54 Å². The number of rotatable bonds is 7. The molecule has 1 spiro atoms. The van der Waals surface area contributed by atoms with Gasteiger partial charge in [-0.15, -0.1) is 0 Å². The van der Waals surface area contributed by atoms with E-state index in [1.807, 2.05) is 41.3 Å². The molecule has 2 saturated heterocycles. The van der Waals surface area contributed by atoms with Crippen LogP contribution in [0.2, 0.25) is 0 Å². The SMILES string of the molecule is CC[C@H](C)N1CCC2(CC1)C(=O)N(Cc1ccccn1)C(=O)N2CCc1ccccc1. The van der Waals surface area contributed by atoms with E-state index in [1.165, 1.54) is 10.5 Å². The molecule has 1 atom stereocenters. The van der Waals surface area contributed by atoms with E-state index < -0.39 is 5.54 Å². The normalized spacial score (nSPS) is 19.9. The summed E-state index contributed by atoms with van der Waals surface area (Å²) in [4.78, 5) is 37.2. The van der Waals surface area contributed by atoms with Gasteiger partial charge in [0.15, 0.2) is 0 Å². The van der Waals surface area contributed by atoms with Crippen LogP contribution in [0.15, 0.2) is 54.7 Å². The van der Waals surface area contributed by atoms with Crippen LogP contribution >= 0.6 is 0 Å². The molecule has 3 amide bonds. The number of carbonyl (C=O) groups is 2. The topological polar surface area (TPSA) is 56.8 Å². The molecule has 0 aliphatic carbocycles. The zero-order valence-corrected chi connectivity index (χ0v) is 18.5. The number of imide groups is 1. The van der Waals surface area contributed by atoms with Crippen molar-refractivity contribution in [2.24, 2.45) is 0 Å². The van der Waals surface area contributed by atoms with Crippen LogP contribution in [0.4, 0.5) is 4.79 Å². The van der Waals surface area contributed by atoms with Crippen LogP contribution < -0.4 is 0 Å². The smallest absolute Gasteiger partial charge is 0.309 e. The van der Waals surface area contributed by atoms with Gasteiger partial charge in [0.25, 0.3) is 5.91 Å². The van der Waals surface area contributed by atoms with Gasteiger partial charge >= 0.3 is 6.03 Å². The Morgan fingerprint density at radius 1 is 1.03 bits per heavy atom. The first-order valence-corrected chi connectivity index (χ1v) is 11.4. The highest BCUT2D eigenvalue weighted by atomic mass is 16.2. The Labute approximate surface area is 184 Å². The minimum Gasteiger partial charge on any atom is -0.309 e. The van der Waals surface area contributed by atoms with E-state index in [1.54, 1.807) is 6.20 Å². The predicted molar refractivity (Wildman–Crippen MR) is 120 cm³/mol. The molecule has 2 aliphatic rings. The standard InChI is InChI=1S/C25H32N4O2/c1-3-20(2)27-17-13-25(14-18-27)23(30)28(19-22-11-7-8-15-26-22)24(31)29(25)16-12-21-9-5-4-6-10-21/h4-11,15,20H,3,12-14,16-19H2,1-2H3/t20-/m0/s1. The highest BCUT2D eigenvalue weighted by Gasteiger charge is 2.57. The summed E-state index contributed by atoms with van der Waals surface area (Å²) in [5.74, 6) is -0.0555. The number of benzene rings is 1. The first kappa shape index (κ1) is 21.5. The average Bonchev–Trinajstić information content (AvgIpc) is 3.00. The molecule has 6 heteroatoms. The Kier molecular flexibility index (Phi) is 6.37. The van der Waals surface area contributed by atoms with Gasteiger partial charge in [-0.25, -0.2) is 4.79 Å². The Morgan fingerprint density at radius 3 is 2.39 bits per heavy atom. The van der Waals surface area contributed by atoms with Crippen molar-refractivity contribution in [2.75, 3.05) is 19.6 Å². The third kappa shape index (κ3) is 4.22. The fraction of sp³-hybridized carbons (Fsp3) is 0.480. The van der Waals surface area contributed by atoms with Crippen molar-refractivity contribution in [3.05, 3.63) is 66.0 Å². The number of pyridine rings is 1. The van der Waals surface area contributed by atoms with Crippen LogP contribution in [-0.4, -0.2) is 62.8 Å². The summed E-state index contributed by atoms with van der Waals surface area (Å²) in [6.07, 6.45) is 4.91. The Balaban J connectivity index is 1.57. The second-order valence-electron chi connectivity index (χ2n) is 8.71. The van der Waals surface area contributed by atoms with Crippen LogP contribution in [0.25, 0.3) is 0 Å². The van der Waals surface area contributed by atoms with E-state index in [4.69, 9.17) is 0 Å². The van der Waals surface area contributed by atoms with Gasteiger partial charge in [-0.1, -0.05) is 43.3 Å². The highest BCUT2D eigenvalue weighted by Crippen LogP contribution is 2.38. The molecular formula is C25H32N4O2. The van der Waals surface area contributed by atoms with Gasteiger partial charge in [0.05, 0.1) is 12.2 Å². The van der Waals surface area contributed by atoms with Crippen molar-refractivity contribution in [1.82, 2.24) is 19.7 Å². The maximum atomic E-state index is 13.7. The van der Waals surface area contributed by atoms with Crippen molar-refractivity contribution >= 4 is 11.9 Å². The van der Waals surface area contributed by atoms with Gasteiger partial charge in [0, 0.05) is 31.9 Å². The monoisotopic (exact) mass is 420 g/mol. The first-order chi connectivity index (χ1) is 15.0. The molecule has 0 N–H and O–H groups in total. The second-order valence-corrected chi connectivity index (χ2v) is 8.71. The molecule has 31 heavy (non-hydrogen) atoms. The number of urea groups is 1. The predicted octanol–water partition coefficient (Wildman–Crippen LogP) is 3.72. The summed E-state index contributed by atoms with van der Waals surface area (Å²) >= 11 is 0. The lowest BCUT2D eigenvalue weighted by Crippen LogP contribution is -2.58. The fourth-order valence-electron chi connectivity index (χ4n) is 4.85. The number of likely N-dealkylation sites (tertiary alicyclic amines) is 1. The maximum absolute atomic E-state index is 13.7. The number of hydrogen-bond acceptors (Lipinski definition) is 4. The summed E-state index contributed by atoms with van der Waals surface area (Å²) < 4.78 is 0. The van der Waals surface area contributed by atoms with Gasteiger partial charge in [-0.3, -0.25) is 14.7 Å². The number of piperidine rings is 1. The minimum atomic E-state index is -0.732. The molecule has 2 aliphatic heterocycles. The van der Waals surface area contributed by atoms with E-state index in [0.717, 1.165) is 31.6 Å². The van der Waals surface area contributed by atoms with E-state index in [-0.39, 0.29) is 18.5 Å². The van der Waals surface area contributed by atoms with Crippen LogP contribution in [0.3, 0.4) is 0 Å². The Hall–Kier alpha value is -2.73. The molecule has 2 aromatic rings. The minimum absolute atomic E-state index is 0.0555. The first-order valence-electron chi connectivity index (χ1n) is 11.4. The molecule has 1 aromatic carbocycles. The lowest BCUT2D eigenvalue weighted by atomic mass is 9.85. The quantitative estimate of drug-likeness (QED) is 0.641. The van der Waals surface area contributed by atoms with Crippen molar-refractivity contribution in [1.29, 1.82) is 0 Å². The van der Waals surface area contributed by atoms with Crippen LogP contribution in [0.1, 0.15) is 44.4 Å². The second kappa shape index (κ2) is 9.18. The summed E-state index contributed by atoms with van der Waals surface area (Å²) in [6, 6.07) is 16.1. The number of aromatic nitrogens is 1. The molecule has 4 rings (SSSR count). The number of nitrogens with zero attached hydrogens (tertiary/aromatic N) is 4. The lowest BCUT2D eigenvalue weighted by Gasteiger charge is -2.44. The third-order valence-corrected chi connectivity index (χ3v) is 6.97.